The van der Waals surface area contributed by atoms with E-state index in [1.165, 1.54) is 0 Å². The summed E-state index contributed by atoms with van der Waals surface area (Å²) in [5.41, 5.74) is -0.101. The summed E-state index contributed by atoms with van der Waals surface area (Å²) >= 11 is 6.14. The highest BCUT2D eigenvalue weighted by Gasteiger charge is 2.23. The Bertz CT molecular complexity index is 439. The van der Waals surface area contributed by atoms with Crippen LogP contribution >= 0.6 is 11.6 Å². The highest BCUT2D eigenvalue weighted by molar-refractivity contribution is 6.29. The molecular weight excluding hydrogens is 262 g/mol. The van der Waals surface area contributed by atoms with Crippen molar-refractivity contribution in [1.29, 1.82) is 0 Å². The van der Waals surface area contributed by atoms with Crippen LogP contribution in [0.15, 0.2) is 6.07 Å². The van der Waals surface area contributed by atoms with Gasteiger partial charge >= 0.3 is 0 Å². The van der Waals surface area contributed by atoms with Gasteiger partial charge in [0.25, 0.3) is 0 Å². The second kappa shape index (κ2) is 5.63. The molecule has 0 aliphatic carbocycles. The summed E-state index contributed by atoms with van der Waals surface area (Å²) in [6.07, 6.45) is 2.06. The minimum atomic E-state index is -0.101. The average Bonchev–Trinajstić information content (AvgIpc) is 2.37. The summed E-state index contributed by atoms with van der Waals surface area (Å²) in [5.74, 6) is 1.69. The molecule has 0 atom stereocenters. The molecule has 0 bridgehead atoms. The lowest BCUT2D eigenvalue weighted by Gasteiger charge is -2.32. The summed E-state index contributed by atoms with van der Waals surface area (Å²) in [4.78, 5) is 11.2. The van der Waals surface area contributed by atoms with Crippen molar-refractivity contribution in [3.63, 3.8) is 0 Å². The minimum absolute atomic E-state index is 0.101. The van der Waals surface area contributed by atoms with Crippen molar-refractivity contribution in [2.45, 2.75) is 45.1 Å². The molecule has 19 heavy (non-hydrogen) atoms. The molecule has 1 aromatic rings. The zero-order valence-corrected chi connectivity index (χ0v) is 12.9. The third-order valence-corrected chi connectivity index (χ3v) is 3.65. The molecule has 0 spiro atoms. The molecule has 2 rings (SSSR count). The van der Waals surface area contributed by atoms with Gasteiger partial charge in [-0.25, -0.2) is 9.97 Å². The highest BCUT2D eigenvalue weighted by Crippen LogP contribution is 2.26. The number of anilines is 1. The number of rotatable bonds is 2. The van der Waals surface area contributed by atoms with Crippen LogP contribution in [0.4, 0.5) is 5.82 Å². The van der Waals surface area contributed by atoms with Crippen molar-refractivity contribution < 1.29 is 4.74 Å². The van der Waals surface area contributed by atoms with Crippen LogP contribution in [-0.4, -0.2) is 36.3 Å². The van der Waals surface area contributed by atoms with Crippen LogP contribution in [0.3, 0.4) is 0 Å². The van der Waals surface area contributed by atoms with Gasteiger partial charge in [0.1, 0.15) is 16.8 Å². The second-order valence-corrected chi connectivity index (χ2v) is 6.46. The SMILES string of the molecule is CN(c1cc(Cl)nc(C(C)(C)C)n1)C1CCOCC1. The fraction of sp³-hybridized carbons (Fsp3) is 0.714. The molecule has 1 aliphatic heterocycles. The quantitative estimate of drug-likeness (QED) is 0.782. The lowest BCUT2D eigenvalue weighted by Crippen LogP contribution is -2.37. The molecule has 0 N–H and O–H groups in total. The number of halogens is 1. The largest absolute Gasteiger partial charge is 0.381 e. The predicted octanol–water partition coefficient (Wildman–Crippen LogP) is 3.04. The molecule has 2 heterocycles. The van der Waals surface area contributed by atoms with Gasteiger partial charge < -0.3 is 9.64 Å². The Kier molecular flexibility index (Phi) is 4.31. The first kappa shape index (κ1) is 14.5. The van der Waals surface area contributed by atoms with Crippen LogP contribution < -0.4 is 4.90 Å². The van der Waals surface area contributed by atoms with Crippen LogP contribution in [-0.2, 0) is 10.2 Å². The number of nitrogens with zero attached hydrogens (tertiary/aromatic N) is 3. The monoisotopic (exact) mass is 283 g/mol. The van der Waals surface area contributed by atoms with Crippen LogP contribution in [0.1, 0.15) is 39.4 Å². The van der Waals surface area contributed by atoms with Crippen LogP contribution in [0.2, 0.25) is 5.15 Å². The maximum Gasteiger partial charge on any atom is 0.137 e. The number of ether oxygens (including phenoxy) is 1. The average molecular weight is 284 g/mol. The standard InChI is InChI=1S/C14H22ClN3O/c1-14(2,3)13-16-11(15)9-12(17-13)18(4)10-5-7-19-8-6-10/h9-10H,5-8H2,1-4H3. The molecule has 0 unspecified atom stereocenters. The van der Waals surface area contributed by atoms with Crippen molar-refractivity contribution in [3.05, 3.63) is 17.0 Å². The number of hydrogen-bond acceptors (Lipinski definition) is 4. The van der Waals surface area contributed by atoms with E-state index in [2.05, 4.69) is 42.7 Å². The first-order valence-electron chi connectivity index (χ1n) is 6.73. The molecular formula is C14H22ClN3O. The highest BCUT2D eigenvalue weighted by atomic mass is 35.5. The normalized spacial score (nSPS) is 17.5. The van der Waals surface area contributed by atoms with E-state index in [0.717, 1.165) is 37.7 Å². The Morgan fingerprint density at radius 1 is 1.26 bits per heavy atom. The Morgan fingerprint density at radius 3 is 2.47 bits per heavy atom. The van der Waals surface area contributed by atoms with Gasteiger partial charge in [0, 0.05) is 37.8 Å². The Labute approximate surface area is 120 Å². The van der Waals surface area contributed by atoms with E-state index in [1.807, 2.05) is 6.07 Å². The van der Waals surface area contributed by atoms with E-state index in [0.29, 0.717) is 11.2 Å². The molecule has 0 aromatic carbocycles. The summed E-state index contributed by atoms with van der Waals surface area (Å²) in [7, 11) is 2.07. The Morgan fingerprint density at radius 2 is 1.89 bits per heavy atom. The smallest absolute Gasteiger partial charge is 0.137 e. The van der Waals surface area contributed by atoms with E-state index >= 15 is 0 Å². The first-order chi connectivity index (χ1) is 8.88. The van der Waals surface area contributed by atoms with Gasteiger partial charge in [-0.2, -0.15) is 0 Å². The van der Waals surface area contributed by atoms with E-state index in [1.54, 1.807) is 0 Å². The van der Waals surface area contributed by atoms with Crippen molar-refractivity contribution in [2.24, 2.45) is 0 Å². The molecule has 1 aliphatic rings. The molecule has 1 aromatic heterocycles. The van der Waals surface area contributed by atoms with Crippen LogP contribution in [0, 0.1) is 0 Å². The number of hydrogen-bond donors (Lipinski definition) is 0. The maximum atomic E-state index is 6.14. The van der Waals surface area contributed by atoms with Gasteiger partial charge in [-0.15, -0.1) is 0 Å². The van der Waals surface area contributed by atoms with Crippen molar-refractivity contribution >= 4 is 17.4 Å². The van der Waals surface area contributed by atoms with Crippen molar-refractivity contribution in [1.82, 2.24) is 9.97 Å². The Hall–Kier alpha value is -0.870. The lowest BCUT2D eigenvalue weighted by atomic mass is 9.96. The fourth-order valence-electron chi connectivity index (χ4n) is 2.18. The molecule has 1 saturated heterocycles. The van der Waals surface area contributed by atoms with Gasteiger partial charge in [0.05, 0.1) is 0 Å². The Balaban J connectivity index is 2.26. The van der Waals surface area contributed by atoms with Gasteiger partial charge in [-0.05, 0) is 12.8 Å². The van der Waals surface area contributed by atoms with E-state index in [4.69, 9.17) is 16.3 Å². The van der Waals surface area contributed by atoms with E-state index in [9.17, 15) is 0 Å². The van der Waals surface area contributed by atoms with Gasteiger partial charge in [0.15, 0.2) is 0 Å². The zero-order chi connectivity index (χ0) is 14.0. The van der Waals surface area contributed by atoms with Crippen LogP contribution in [0.5, 0.6) is 0 Å². The maximum absolute atomic E-state index is 6.14. The first-order valence-corrected chi connectivity index (χ1v) is 7.11. The van der Waals surface area contributed by atoms with Crippen LogP contribution in [0.25, 0.3) is 0 Å². The van der Waals surface area contributed by atoms with Gasteiger partial charge in [-0.1, -0.05) is 32.4 Å². The minimum Gasteiger partial charge on any atom is -0.381 e. The van der Waals surface area contributed by atoms with Crippen molar-refractivity contribution in [2.75, 3.05) is 25.2 Å². The lowest BCUT2D eigenvalue weighted by molar-refractivity contribution is 0.0853. The summed E-state index contributed by atoms with van der Waals surface area (Å²) in [5, 5.41) is 0.508. The summed E-state index contributed by atoms with van der Waals surface area (Å²) in [6, 6.07) is 2.30. The second-order valence-electron chi connectivity index (χ2n) is 6.08. The number of aromatic nitrogens is 2. The third-order valence-electron chi connectivity index (χ3n) is 3.45. The molecule has 4 nitrogen and oxygen atoms in total. The van der Waals surface area contributed by atoms with Crippen molar-refractivity contribution in [3.8, 4) is 0 Å². The molecule has 0 amide bonds. The van der Waals surface area contributed by atoms with Gasteiger partial charge in [0.2, 0.25) is 0 Å². The van der Waals surface area contributed by atoms with E-state index in [-0.39, 0.29) is 5.41 Å². The molecule has 0 saturated carbocycles. The summed E-state index contributed by atoms with van der Waals surface area (Å²) in [6.45, 7) is 7.92. The molecule has 1 fully saturated rings. The molecule has 0 radical (unpaired) electrons. The third kappa shape index (κ3) is 3.57. The molecule has 5 heteroatoms. The topological polar surface area (TPSA) is 38.2 Å². The van der Waals surface area contributed by atoms with Gasteiger partial charge in [-0.3, -0.25) is 0 Å². The van der Waals surface area contributed by atoms with E-state index < -0.39 is 0 Å². The fourth-order valence-corrected chi connectivity index (χ4v) is 2.36. The zero-order valence-electron chi connectivity index (χ0n) is 12.1. The molecule has 106 valence electrons. The predicted molar refractivity (Wildman–Crippen MR) is 78.0 cm³/mol. The summed E-state index contributed by atoms with van der Waals surface area (Å²) < 4.78 is 5.40.